The second-order valence-corrected chi connectivity index (χ2v) is 11.5. The Labute approximate surface area is 223 Å². The van der Waals surface area contributed by atoms with E-state index in [9.17, 15) is 19.8 Å². The van der Waals surface area contributed by atoms with Crippen LogP contribution in [0.3, 0.4) is 0 Å². The van der Waals surface area contributed by atoms with Crippen molar-refractivity contribution in [1.82, 2.24) is 0 Å². The van der Waals surface area contributed by atoms with Crippen LogP contribution in [-0.4, -0.2) is 84.2 Å². The third kappa shape index (κ3) is 4.38. The lowest BCUT2D eigenvalue weighted by atomic mass is 9.51. The lowest BCUT2D eigenvalue weighted by Crippen LogP contribution is -2.68. The largest absolute Gasteiger partial charge is 0.462 e. The predicted molar refractivity (Wildman–Crippen MR) is 136 cm³/mol. The lowest BCUT2D eigenvalue weighted by Gasteiger charge is -2.58. The van der Waals surface area contributed by atoms with Crippen molar-refractivity contribution in [2.75, 3.05) is 19.8 Å². The van der Waals surface area contributed by atoms with Crippen LogP contribution < -0.4 is 0 Å². The van der Waals surface area contributed by atoms with Crippen molar-refractivity contribution < 1.29 is 43.5 Å². The Hall–Kier alpha value is -2.30. The molecule has 2 spiro atoms. The molecule has 2 N–H and O–H groups in total. The number of allylic oxidation sites excluding steroid dienone is 2. The Kier molecular flexibility index (Phi) is 7.19. The zero-order chi connectivity index (χ0) is 27.3. The zero-order valence-electron chi connectivity index (χ0n) is 22.4. The fraction of sp³-hybridized carbons (Fsp3) is 0.655. The summed E-state index contributed by atoms with van der Waals surface area (Å²) in [5, 5.41) is 21.0. The highest BCUT2D eigenvalue weighted by Crippen LogP contribution is 2.72. The first kappa shape index (κ1) is 27.3. The first-order chi connectivity index (χ1) is 18.0. The van der Waals surface area contributed by atoms with Gasteiger partial charge in [0.25, 0.3) is 0 Å². The maximum atomic E-state index is 12.9. The van der Waals surface area contributed by atoms with E-state index in [2.05, 4.69) is 0 Å². The van der Waals surface area contributed by atoms with Crippen molar-refractivity contribution in [2.24, 2.45) is 10.8 Å². The van der Waals surface area contributed by atoms with Crippen LogP contribution >= 0.6 is 0 Å². The van der Waals surface area contributed by atoms with E-state index in [1.54, 1.807) is 25.2 Å². The molecule has 9 nitrogen and oxygen atoms in total. The molecular formula is C29H38O9. The van der Waals surface area contributed by atoms with Crippen LogP contribution in [0.2, 0.25) is 0 Å². The molecule has 0 aromatic rings. The topological polar surface area (TPSA) is 124 Å². The van der Waals surface area contributed by atoms with Gasteiger partial charge in [-0.2, -0.15) is 0 Å². The van der Waals surface area contributed by atoms with E-state index in [0.29, 0.717) is 26.1 Å². The highest BCUT2D eigenvalue weighted by atomic mass is 16.6. The highest BCUT2D eigenvalue weighted by Gasteiger charge is 2.83. The van der Waals surface area contributed by atoms with Crippen molar-refractivity contribution in [1.29, 1.82) is 0 Å². The van der Waals surface area contributed by atoms with Gasteiger partial charge in [0, 0.05) is 24.0 Å². The van der Waals surface area contributed by atoms with E-state index in [0.717, 1.165) is 11.1 Å². The van der Waals surface area contributed by atoms with Crippen LogP contribution in [0.5, 0.6) is 0 Å². The summed E-state index contributed by atoms with van der Waals surface area (Å²) in [6.45, 7) is 8.05. The first-order valence-electron chi connectivity index (χ1n) is 13.4. The Morgan fingerprint density at radius 1 is 1.11 bits per heavy atom. The van der Waals surface area contributed by atoms with Crippen LogP contribution in [0.15, 0.2) is 47.6 Å². The van der Waals surface area contributed by atoms with Gasteiger partial charge in [-0.3, -0.25) is 0 Å². The molecule has 3 aliphatic heterocycles. The summed E-state index contributed by atoms with van der Waals surface area (Å²) in [6, 6.07) is 0. The summed E-state index contributed by atoms with van der Waals surface area (Å²) in [4.78, 5) is 25.9. The van der Waals surface area contributed by atoms with Gasteiger partial charge in [-0.1, -0.05) is 36.8 Å². The number of hydrogen-bond acceptors (Lipinski definition) is 9. The van der Waals surface area contributed by atoms with Gasteiger partial charge >= 0.3 is 11.9 Å². The number of epoxide rings is 1. The van der Waals surface area contributed by atoms with Gasteiger partial charge in [0.05, 0.1) is 43.0 Å². The maximum absolute atomic E-state index is 12.9. The number of aliphatic hydroxyl groups excluding tert-OH is 2. The zero-order valence-corrected chi connectivity index (χ0v) is 22.4. The van der Waals surface area contributed by atoms with Crippen molar-refractivity contribution in [3.05, 3.63) is 47.6 Å². The number of esters is 2. The molecule has 1 unspecified atom stereocenters. The number of carbonyl (C=O) groups is 2. The third-order valence-electron chi connectivity index (χ3n) is 9.33. The number of hydrogen-bond donors (Lipinski definition) is 2. The van der Waals surface area contributed by atoms with Gasteiger partial charge in [0.2, 0.25) is 0 Å². The molecule has 2 saturated heterocycles. The number of ether oxygens (including phenoxy) is 5. The lowest BCUT2D eigenvalue weighted by molar-refractivity contribution is -0.238. The molecule has 0 radical (unpaired) electrons. The normalized spacial score (nSPS) is 47.3. The molecule has 2 aliphatic carbocycles. The Bertz CT molecular complexity index is 1080. The molecule has 208 valence electrons. The van der Waals surface area contributed by atoms with Gasteiger partial charge in [-0.25, -0.2) is 9.59 Å². The number of aliphatic hydroxyl groups is 2. The van der Waals surface area contributed by atoms with Crippen LogP contribution in [0.1, 0.15) is 47.0 Å². The van der Waals surface area contributed by atoms with E-state index in [1.807, 2.05) is 26.8 Å². The fourth-order valence-electron chi connectivity index (χ4n) is 6.85. The summed E-state index contributed by atoms with van der Waals surface area (Å²) in [6.07, 6.45) is 7.39. The SMILES string of the molecule is CC1=C[C@H]2O[C@@H]3C[C@H]4OC(=O)/C=C\C=C\[C@@H]([C@H](C)O)OCC/C(C)=C/C(=O)OC[C@@]2(C[C@@H]1O)[C@]4(C)C31CO1. The molecule has 9 heteroatoms. The summed E-state index contributed by atoms with van der Waals surface area (Å²) >= 11 is 0. The number of carbonyl (C=O) groups excluding carboxylic acids is 2. The smallest absolute Gasteiger partial charge is 0.331 e. The molecule has 5 aliphatic rings. The summed E-state index contributed by atoms with van der Waals surface area (Å²) < 4.78 is 30.3. The standard InChI is InChI=1S/C29H38O9/c1-17-9-10-34-21(19(3)30)7-5-6-8-25(32)38-22-13-24-29(16-36-29)27(22,4)28(15-35-26(33)11-17)14-20(31)18(2)12-23(28)37-24/h5-8,11-12,19-24,30-31H,9-10,13-16H2,1-4H3/b7-5+,8-6-,17-11+/t19-,20-,21-,22+,23+,24+,27+,28+,29?/m0/s1. The van der Waals surface area contributed by atoms with Gasteiger partial charge < -0.3 is 33.9 Å². The summed E-state index contributed by atoms with van der Waals surface area (Å²) in [5.41, 5.74) is -0.755. The monoisotopic (exact) mass is 530 g/mol. The Balaban J connectivity index is 1.53. The van der Waals surface area contributed by atoms with Crippen molar-refractivity contribution in [3.8, 4) is 0 Å². The van der Waals surface area contributed by atoms with Crippen LogP contribution in [-0.2, 0) is 33.3 Å². The molecule has 2 bridgehead atoms. The van der Waals surface area contributed by atoms with Gasteiger partial charge in [0.1, 0.15) is 24.4 Å². The first-order valence-corrected chi connectivity index (χ1v) is 13.4. The minimum absolute atomic E-state index is 0.0251. The van der Waals surface area contributed by atoms with E-state index in [4.69, 9.17) is 23.7 Å². The van der Waals surface area contributed by atoms with E-state index >= 15 is 0 Å². The fourth-order valence-corrected chi connectivity index (χ4v) is 6.85. The molecule has 3 fully saturated rings. The summed E-state index contributed by atoms with van der Waals surface area (Å²) in [5.74, 6) is -1.03. The van der Waals surface area contributed by atoms with Gasteiger partial charge in [0.15, 0.2) is 0 Å². The second kappa shape index (κ2) is 10.0. The molecular weight excluding hydrogens is 492 g/mol. The minimum Gasteiger partial charge on any atom is -0.462 e. The molecule has 9 atom stereocenters. The quantitative estimate of drug-likeness (QED) is 0.299. The average Bonchev–Trinajstić information content (AvgIpc) is 3.63. The Morgan fingerprint density at radius 3 is 2.58 bits per heavy atom. The van der Waals surface area contributed by atoms with Crippen LogP contribution in [0, 0.1) is 10.8 Å². The van der Waals surface area contributed by atoms with Crippen molar-refractivity contribution in [2.45, 2.75) is 89.2 Å². The average molecular weight is 531 g/mol. The molecule has 0 amide bonds. The third-order valence-corrected chi connectivity index (χ3v) is 9.33. The van der Waals surface area contributed by atoms with E-state index < -0.39 is 58.9 Å². The van der Waals surface area contributed by atoms with Crippen LogP contribution in [0.25, 0.3) is 0 Å². The second-order valence-electron chi connectivity index (χ2n) is 11.5. The number of rotatable bonds is 1. The van der Waals surface area contributed by atoms with Crippen molar-refractivity contribution >= 4 is 11.9 Å². The maximum Gasteiger partial charge on any atom is 0.331 e. The minimum atomic E-state index is -0.875. The molecule has 1 saturated carbocycles. The van der Waals surface area contributed by atoms with E-state index in [1.165, 1.54) is 12.2 Å². The molecule has 5 rings (SSSR count). The molecule has 38 heavy (non-hydrogen) atoms. The van der Waals surface area contributed by atoms with Crippen molar-refractivity contribution in [3.63, 3.8) is 0 Å². The summed E-state index contributed by atoms with van der Waals surface area (Å²) in [7, 11) is 0. The highest BCUT2D eigenvalue weighted by molar-refractivity contribution is 5.83. The van der Waals surface area contributed by atoms with Crippen LogP contribution in [0.4, 0.5) is 0 Å². The van der Waals surface area contributed by atoms with E-state index in [-0.39, 0.29) is 19.1 Å². The molecule has 0 aromatic carbocycles. The van der Waals surface area contributed by atoms with Gasteiger partial charge in [-0.15, -0.1) is 0 Å². The Morgan fingerprint density at radius 2 is 1.87 bits per heavy atom. The molecule has 0 aromatic heterocycles. The van der Waals surface area contributed by atoms with Gasteiger partial charge in [-0.05, 0) is 39.2 Å². The predicted octanol–water partition coefficient (Wildman–Crippen LogP) is 2.31. The molecule has 3 heterocycles. The number of cyclic esters (lactones) is 1.